The van der Waals surface area contributed by atoms with Gasteiger partial charge in [0.05, 0.1) is 18.3 Å². The highest BCUT2D eigenvalue weighted by molar-refractivity contribution is 6.32. The van der Waals surface area contributed by atoms with Crippen molar-refractivity contribution in [3.05, 3.63) is 11.2 Å². The quantitative estimate of drug-likeness (QED) is 0.861. The van der Waals surface area contributed by atoms with Crippen molar-refractivity contribution in [2.45, 2.75) is 38.3 Å². The number of nitrogens with one attached hydrogen (secondary N) is 2. The Morgan fingerprint density at radius 2 is 2.33 bits per heavy atom. The number of ether oxygens (including phenoxy) is 1. The van der Waals surface area contributed by atoms with E-state index in [-0.39, 0.29) is 12.1 Å². The summed E-state index contributed by atoms with van der Waals surface area (Å²) in [4.78, 5) is 8.52. The van der Waals surface area contributed by atoms with Gasteiger partial charge in [0.1, 0.15) is 10.8 Å². The van der Waals surface area contributed by atoms with E-state index < -0.39 is 0 Å². The van der Waals surface area contributed by atoms with E-state index in [0.717, 1.165) is 19.4 Å². The fourth-order valence-electron chi connectivity index (χ4n) is 2.28. The maximum atomic E-state index is 5.95. The van der Waals surface area contributed by atoms with E-state index >= 15 is 0 Å². The van der Waals surface area contributed by atoms with Crippen molar-refractivity contribution in [3.8, 4) is 0 Å². The van der Waals surface area contributed by atoms with Crippen molar-refractivity contribution >= 4 is 23.4 Å². The largest absolute Gasteiger partial charge is 0.376 e. The van der Waals surface area contributed by atoms with Crippen LogP contribution in [0.15, 0.2) is 6.20 Å². The average molecular weight is 271 g/mol. The number of halogens is 1. The Morgan fingerprint density at radius 3 is 3.06 bits per heavy atom. The molecule has 0 amide bonds. The Hall–Kier alpha value is -1.07. The van der Waals surface area contributed by atoms with Crippen LogP contribution in [0.5, 0.6) is 0 Å². The minimum Gasteiger partial charge on any atom is -0.376 e. The van der Waals surface area contributed by atoms with Crippen LogP contribution in [-0.2, 0) is 4.74 Å². The molecule has 0 bridgehead atoms. The van der Waals surface area contributed by atoms with Crippen molar-refractivity contribution in [2.24, 2.45) is 0 Å². The summed E-state index contributed by atoms with van der Waals surface area (Å²) in [5.74, 6) is 1.24. The van der Waals surface area contributed by atoms with Gasteiger partial charge in [0, 0.05) is 13.7 Å². The molecule has 1 aliphatic carbocycles. The number of aromatic nitrogens is 2. The van der Waals surface area contributed by atoms with Crippen molar-refractivity contribution in [3.63, 3.8) is 0 Å². The Kier molecular flexibility index (Phi) is 4.60. The molecule has 1 fully saturated rings. The first-order valence-electron chi connectivity index (χ1n) is 6.33. The first kappa shape index (κ1) is 13.4. The number of hydrogen-bond donors (Lipinski definition) is 2. The lowest BCUT2D eigenvalue weighted by Crippen LogP contribution is -2.31. The maximum Gasteiger partial charge on any atom is 0.225 e. The van der Waals surface area contributed by atoms with Gasteiger partial charge in [-0.05, 0) is 26.2 Å². The molecule has 18 heavy (non-hydrogen) atoms. The molecule has 2 rings (SSSR count). The van der Waals surface area contributed by atoms with Crippen LogP contribution >= 0.6 is 11.6 Å². The van der Waals surface area contributed by atoms with E-state index in [1.807, 2.05) is 6.92 Å². The zero-order valence-electron chi connectivity index (χ0n) is 10.7. The predicted molar refractivity (Wildman–Crippen MR) is 73.3 cm³/mol. The fourth-order valence-corrected chi connectivity index (χ4v) is 2.47. The molecule has 1 saturated carbocycles. The van der Waals surface area contributed by atoms with Gasteiger partial charge in [0.25, 0.3) is 0 Å². The summed E-state index contributed by atoms with van der Waals surface area (Å²) in [5.41, 5.74) is 0. The number of hydrogen-bond acceptors (Lipinski definition) is 5. The molecule has 0 radical (unpaired) electrons. The van der Waals surface area contributed by atoms with E-state index in [1.165, 1.54) is 6.42 Å². The summed E-state index contributed by atoms with van der Waals surface area (Å²) in [7, 11) is 1.79. The van der Waals surface area contributed by atoms with Crippen LogP contribution in [0.25, 0.3) is 0 Å². The summed E-state index contributed by atoms with van der Waals surface area (Å²) in [6, 6.07) is 0.288. The van der Waals surface area contributed by atoms with Gasteiger partial charge in [0.15, 0.2) is 0 Å². The van der Waals surface area contributed by atoms with Crippen LogP contribution < -0.4 is 10.6 Å². The monoisotopic (exact) mass is 270 g/mol. The smallest absolute Gasteiger partial charge is 0.225 e. The van der Waals surface area contributed by atoms with Gasteiger partial charge in [-0.3, -0.25) is 0 Å². The molecule has 0 aliphatic heterocycles. The second-order valence-electron chi connectivity index (χ2n) is 4.32. The Bertz CT molecular complexity index is 402. The standard InChI is InChI=1S/C12H19ClN4O/c1-3-18-10-6-4-5-9(10)16-12-15-7-8(13)11(14-2)17-12/h7,9-10H,3-6H2,1-2H3,(H2,14,15,16,17)/t9-,10-/m1/s1. The lowest BCUT2D eigenvalue weighted by atomic mass is 10.2. The van der Waals surface area contributed by atoms with E-state index in [9.17, 15) is 0 Å². The minimum absolute atomic E-state index is 0.257. The van der Waals surface area contributed by atoms with Crippen LogP contribution in [0.4, 0.5) is 11.8 Å². The van der Waals surface area contributed by atoms with E-state index in [0.29, 0.717) is 16.8 Å². The Balaban J connectivity index is 2.04. The molecule has 2 atom stereocenters. The molecule has 1 aliphatic rings. The van der Waals surface area contributed by atoms with Gasteiger partial charge < -0.3 is 15.4 Å². The molecule has 1 aromatic heterocycles. The second kappa shape index (κ2) is 6.20. The average Bonchev–Trinajstić information content (AvgIpc) is 2.80. The Morgan fingerprint density at radius 1 is 1.50 bits per heavy atom. The summed E-state index contributed by atoms with van der Waals surface area (Å²) in [5, 5.41) is 6.80. The Labute approximate surface area is 112 Å². The van der Waals surface area contributed by atoms with Gasteiger partial charge in [-0.25, -0.2) is 4.98 Å². The third-order valence-electron chi connectivity index (χ3n) is 3.13. The van der Waals surface area contributed by atoms with Gasteiger partial charge >= 0.3 is 0 Å². The van der Waals surface area contributed by atoms with Crippen LogP contribution in [0, 0.1) is 0 Å². The molecule has 2 N–H and O–H groups in total. The van der Waals surface area contributed by atoms with Crippen molar-refractivity contribution in [1.82, 2.24) is 9.97 Å². The predicted octanol–water partition coefficient (Wildman–Crippen LogP) is 2.54. The molecule has 0 spiro atoms. The second-order valence-corrected chi connectivity index (χ2v) is 4.72. The maximum absolute atomic E-state index is 5.95. The molecule has 0 aromatic carbocycles. The summed E-state index contributed by atoms with van der Waals surface area (Å²) in [6.07, 6.45) is 5.22. The summed E-state index contributed by atoms with van der Waals surface area (Å²) in [6.45, 7) is 2.76. The van der Waals surface area contributed by atoms with Crippen molar-refractivity contribution < 1.29 is 4.74 Å². The first-order chi connectivity index (χ1) is 8.74. The lowest BCUT2D eigenvalue weighted by molar-refractivity contribution is 0.0615. The zero-order chi connectivity index (χ0) is 13.0. The van der Waals surface area contributed by atoms with Crippen molar-refractivity contribution in [1.29, 1.82) is 0 Å². The van der Waals surface area contributed by atoms with Gasteiger partial charge in [-0.2, -0.15) is 4.98 Å². The van der Waals surface area contributed by atoms with Gasteiger partial charge in [0.2, 0.25) is 5.95 Å². The molecule has 0 unspecified atom stereocenters. The van der Waals surface area contributed by atoms with Gasteiger partial charge in [-0.15, -0.1) is 0 Å². The SMILES string of the molecule is CCO[C@@H]1CCC[C@H]1Nc1ncc(Cl)c(NC)n1. The van der Waals surface area contributed by atoms with E-state index in [2.05, 4.69) is 20.6 Å². The fraction of sp³-hybridized carbons (Fsp3) is 0.667. The minimum atomic E-state index is 0.257. The summed E-state index contributed by atoms with van der Waals surface area (Å²) >= 11 is 5.95. The number of anilines is 2. The normalized spacial score (nSPS) is 23.1. The molecular formula is C12H19ClN4O. The highest BCUT2D eigenvalue weighted by atomic mass is 35.5. The lowest BCUT2D eigenvalue weighted by Gasteiger charge is -2.21. The van der Waals surface area contributed by atoms with Crippen molar-refractivity contribution in [2.75, 3.05) is 24.3 Å². The third kappa shape index (κ3) is 3.03. The summed E-state index contributed by atoms with van der Waals surface area (Å²) < 4.78 is 5.71. The first-order valence-corrected chi connectivity index (χ1v) is 6.70. The molecular weight excluding hydrogens is 252 g/mol. The molecule has 6 heteroatoms. The van der Waals surface area contributed by atoms with Crippen LogP contribution in [-0.4, -0.2) is 35.8 Å². The third-order valence-corrected chi connectivity index (χ3v) is 3.41. The van der Waals surface area contributed by atoms with Crippen LogP contribution in [0.1, 0.15) is 26.2 Å². The molecule has 1 heterocycles. The van der Waals surface area contributed by atoms with Crippen LogP contribution in [0.3, 0.4) is 0 Å². The van der Waals surface area contributed by atoms with E-state index in [4.69, 9.17) is 16.3 Å². The number of nitrogens with zero attached hydrogens (tertiary/aromatic N) is 2. The van der Waals surface area contributed by atoms with Crippen LogP contribution in [0.2, 0.25) is 5.02 Å². The highest BCUT2D eigenvalue weighted by Crippen LogP contribution is 2.25. The molecule has 100 valence electrons. The van der Waals surface area contributed by atoms with E-state index in [1.54, 1.807) is 13.2 Å². The molecule has 0 saturated heterocycles. The zero-order valence-corrected chi connectivity index (χ0v) is 11.5. The number of rotatable bonds is 5. The van der Waals surface area contributed by atoms with Gasteiger partial charge in [-0.1, -0.05) is 11.6 Å². The molecule has 5 nitrogen and oxygen atoms in total. The molecule has 1 aromatic rings. The highest BCUT2D eigenvalue weighted by Gasteiger charge is 2.28. The topological polar surface area (TPSA) is 59.1 Å².